The number of hydrogen-bond donors (Lipinski definition) is 1. The van der Waals surface area contributed by atoms with Gasteiger partial charge in [-0.3, -0.25) is 4.57 Å². The predicted octanol–water partition coefficient (Wildman–Crippen LogP) is 2.13. The molecule has 108 valence electrons. The molecule has 3 aromatic rings. The van der Waals surface area contributed by atoms with E-state index in [-0.39, 0.29) is 5.76 Å². The van der Waals surface area contributed by atoms with Crippen LogP contribution in [0.25, 0.3) is 11.1 Å². The van der Waals surface area contributed by atoms with Crippen LogP contribution in [-0.4, -0.2) is 11.2 Å². The van der Waals surface area contributed by atoms with Crippen molar-refractivity contribution < 1.29 is 9.15 Å². The number of benzene rings is 2. The first kappa shape index (κ1) is 13.5. The van der Waals surface area contributed by atoms with Crippen molar-refractivity contribution in [2.45, 2.75) is 13.1 Å². The number of oxazole rings is 1. The summed E-state index contributed by atoms with van der Waals surface area (Å²) in [6.45, 7) is 1.29. The summed E-state index contributed by atoms with van der Waals surface area (Å²) >= 11 is 0. The molecule has 0 radical (unpaired) electrons. The molecule has 2 aromatic carbocycles. The van der Waals surface area contributed by atoms with Gasteiger partial charge in [-0.25, -0.2) is 4.79 Å². The largest absolute Gasteiger partial charge is 0.492 e. The number of aromatic nitrogens is 1. The first-order chi connectivity index (χ1) is 10.3. The van der Waals surface area contributed by atoms with Crippen LogP contribution < -0.4 is 16.2 Å². The first-order valence-corrected chi connectivity index (χ1v) is 6.78. The zero-order valence-corrected chi connectivity index (χ0v) is 11.5. The second-order valence-electron chi connectivity index (χ2n) is 4.69. The second kappa shape index (κ2) is 5.85. The van der Waals surface area contributed by atoms with E-state index in [1.54, 1.807) is 10.6 Å². The van der Waals surface area contributed by atoms with Crippen molar-refractivity contribution >= 4 is 11.1 Å². The minimum atomic E-state index is -0.365. The maximum absolute atomic E-state index is 11.8. The van der Waals surface area contributed by atoms with Crippen LogP contribution in [0.1, 0.15) is 5.56 Å². The number of para-hydroxylation sites is 2. The number of rotatable bonds is 5. The zero-order valence-electron chi connectivity index (χ0n) is 11.5. The Morgan fingerprint density at radius 2 is 2.00 bits per heavy atom. The van der Waals surface area contributed by atoms with Gasteiger partial charge in [0.2, 0.25) is 0 Å². The van der Waals surface area contributed by atoms with Gasteiger partial charge in [-0.05, 0) is 29.8 Å². The first-order valence-electron chi connectivity index (χ1n) is 6.78. The number of hydrogen-bond acceptors (Lipinski definition) is 4. The van der Waals surface area contributed by atoms with Crippen LogP contribution in [0.2, 0.25) is 0 Å². The Balaban J connectivity index is 1.72. The van der Waals surface area contributed by atoms with Crippen molar-refractivity contribution in [1.29, 1.82) is 0 Å². The lowest BCUT2D eigenvalue weighted by atomic mass is 10.2. The molecule has 0 bridgehead atoms. The molecule has 5 nitrogen and oxygen atoms in total. The SMILES string of the molecule is NCc1cccc(OCCn2c(=O)oc3ccccc32)c1. The van der Waals surface area contributed by atoms with Crippen LogP contribution in [0.15, 0.2) is 57.7 Å². The highest BCUT2D eigenvalue weighted by atomic mass is 16.5. The molecule has 0 aliphatic heterocycles. The Labute approximate surface area is 121 Å². The number of ether oxygens (including phenoxy) is 1. The second-order valence-corrected chi connectivity index (χ2v) is 4.69. The van der Waals surface area contributed by atoms with E-state index < -0.39 is 0 Å². The summed E-state index contributed by atoms with van der Waals surface area (Å²) < 4.78 is 12.4. The van der Waals surface area contributed by atoms with E-state index in [1.807, 2.05) is 42.5 Å². The summed E-state index contributed by atoms with van der Waals surface area (Å²) in [5.41, 5.74) is 7.98. The fourth-order valence-corrected chi connectivity index (χ4v) is 2.24. The molecule has 0 unspecified atom stereocenters. The third-order valence-electron chi connectivity index (χ3n) is 3.29. The van der Waals surface area contributed by atoms with Crippen molar-refractivity contribution in [1.82, 2.24) is 4.57 Å². The van der Waals surface area contributed by atoms with Crippen LogP contribution in [0.3, 0.4) is 0 Å². The summed E-state index contributed by atoms with van der Waals surface area (Å²) in [5.74, 6) is 0.384. The average molecular weight is 284 g/mol. The zero-order chi connectivity index (χ0) is 14.7. The lowest BCUT2D eigenvalue weighted by molar-refractivity contribution is 0.294. The highest BCUT2D eigenvalue weighted by molar-refractivity contribution is 5.72. The molecule has 21 heavy (non-hydrogen) atoms. The minimum absolute atomic E-state index is 0.365. The minimum Gasteiger partial charge on any atom is -0.492 e. The molecular weight excluding hydrogens is 268 g/mol. The molecule has 5 heteroatoms. The van der Waals surface area contributed by atoms with Gasteiger partial charge in [-0.1, -0.05) is 24.3 Å². The molecular formula is C16H16N2O3. The van der Waals surface area contributed by atoms with Crippen molar-refractivity contribution in [2.75, 3.05) is 6.61 Å². The average Bonchev–Trinajstić information content (AvgIpc) is 2.83. The molecule has 1 heterocycles. The Morgan fingerprint density at radius 3 is 2.86 bits per heavy atom. The summed E-state index contributed by atoms with van der Waals surface area (Å²) in [6.07, 6.45) is 0. The lowest BCUT2D eigenvalue weighted by Crippen LogP contribution is -2.18. The monoisotopic (exact) mass is 284 g/mol. The molecule has 0 aliphatic carbocycles. The Bertz CT molecular complexity index is 804. The number of nitrogens with zero attached hydrogens (tertiary/aromatic N) is 1. The third-order valence-corrected chi connectivity index (χ3v) is 3.29. The summed E-state index contributed by atoms with van der Waals surface area (Å²) in [5, 5.41) is 0. The smallest absolute Gasteiger partial charge is 0.420 e. The van der Waals surface area contributed by atoms with E-state index in [2.05, 4.69) is 0 Å². The fourth-order valence-electron chi connectivity index (χ4n) is 2.24. The maximum atomic E-state index is 11.8. The molecule has 1 aromatic heterocycles. The van der Waals surface area contributed by atoms with E-state index in [9.17, 15) is 4.79 Å². The molecule has 0 fully saturated rings. The van der Waals surface area contributed by atoms with Gasteiger partial charge in [0.05, 0.1) is 12.1 Å². The highest BCUT2D eigenvalue weighted by Crippen LogP contribution is 2.14. The number of nitrogens with two attached hydrogens (primary N) is 1. The number of fused-ring (bicyclic) bond motifs is 1. The van der Waals surface area contributed by atoms with Crippen LogP contribution in [0, 0.1) is 0 Å². The van der Waals surface area contributed by atoms with Gasteiger partial charge in [0.25, 0.3) is 0 Å². The van der Waals surface area contributed by atoms with Crippen molar-refractivity contribution in [3.63, 3.8) is 0 Å². The van der Waals surface area contributed by atoms with Gasteiger partial charge in [0, 0.05) is 6.54 Å². The molecule has 0 saturated heterocycles. The summed E-state index contributed by atoms with van der Waals surface area (Å²) in [7, 11) is 0. The Kier molecular flexibility index (Phi) is 3.75. The molecule has 0 atom stereocenters. The van der Waals surface area contributed by atoms with Gasteiger partial charge in [-0.2, -0.15) is 0 Å². The fraction of sp³-hybridized carbons (Fsp3) is 0.188. The van der Waals surface area contributed by atoms with Crippen molar-refractivity contribution in [3.8, 4) is 5.75 Å². The third kappa shape index (κ3) is 2.83. The van der Waals surface area contributed by atoms with E-state index in [0.717, 1.165) is 16.8 Å². The summed E-state index contributed by atoms with van der Waals surface area (Å²) in [4.78, 5) is 11.8. The van der Waals surface area contributed by atoms with Crippen LogP contribution >= 0.6 is 0 Å². The van der Waals surface area contributed by atoms with E-state index in [0.29, 0.717) is 25.3 Å². The molecule has 3 rings (SSSR count). The normalized spacial score (nSPS) is 10.9. The Hall–Kier alpha value is -2.53. The molecule has 2 N–H and O–H groups in total. The van der Waals surface area contributed by atoms with E-state index in [1.165, 1.54) is 0 Å². The van der Waals surface area contributed by atoms with Gasteiger partial charge in [0.1, 0.15) is 12.4 Å². The van der Waals surface area contributed by atoms with Crippen LogP contribution in [0.5, 0.6) is 5.75 Å². The van der Waals surface area contributed by atoms with Crippen molar-refractivity contribution in [3.05, 3.63) is 64.6 Å². The van der Waals surface area contributed by atoms with Gasteiger partial charge >= 0.3 is 5.76 Å². The van der Waals surface area contributed by atoms with Gasteiger partial charge in [-0.15, -0.1) is 0 Å². The highest BCUT2D eigenvalue weighted by Gasteiger charge is 2.08. The standard InChI is InChI=1S/C16H16N2O3/c17-11-12-4-3-5-13(10-12)20-9-8-18-14-6-1-2-7-15(14)21-16(18)19/h1-7,10H,8-9,11,17H2. The van der Waals surface area contributed by atoms with E-state index in [4.69, 9.17) is 14.9 Å². The van der Waals surface area contributed by atoms with Gasteiger partial charge < -0.3 is 14.9 Å². The predicted molar refractivity (Wildman–Crippen MR) is 80.3 cm³/mol. The van der Waals surface area contributed by atoms with Crippen LogP contribution in [-0.2, 0) is 13.1 Å². The molecule has 0 amide bonds. The summed E-state index contributed by atoms with van der Waals surface area (Å²) in [6, 6.07) is 15.0. The lowest BCUT2D eigenvalue weighted by Gasteiger charge is -2.07. The molecule has 0 spiro atoms. The quantitative estimate of drug-likeness (QED) is 0.779. The Morgan fingerprint density at radius 1 is 1.14 bits per heavy atom. The molecule has 0 saturated carbocycles. The van der Waals surface area contributed by atoms with Gasteiger partial charge in [0.15, 0.2) is 5.58 Å². The topological polar surface area (TPSA) is 70.4 Å². The van der Waals surface area contributed by atoms with Crippen LogP contribution in [0.4, 0.5) is 0 Å². The van der Waals surface area contributed by atoms with Crippen molar-refractivity contribution in [2.24, 2.45) is 5.73 Å². The maximum Gasteiger partial charge on any atom is 0.420 e. The van der Waals surface area contributed by atoms with E-state index >= 15 is 0 Å². The molecule has 0 aliphatic rings.